The number of rotatable bonds is 2. The Morgan fingerprint density at radius 3 is 2.59 bits per heavy atom. The van der Waals surface area contributed by atoms with Crippen molar-refractivity contribution in [2.24, 2.45) is 0 Å². The van der Waals surface area contributed by atoms with E-state index in [2.05, 4.69) is 10.2 Å². The van der Waals surface area contributed by atoms with Gasteiger partial charge in [-0.05, 0) is 24.6 Å². The third kappa shape index (κ3) is 1.80. The van der Waals surface area contributed by atoms with E-state index in [0.29, 0.717) is 5.56 Å². The number of nitrogens with zero attached hydrogens (tertiary/aromatic N) is 1. The smallest absolute Gasteiger partial charge is 0.353 e. The van der Waals surface area contributed by atoms with E-state index in [1.807, 2.05) is 0 Å². The summed E-state index contributed by atoms with van der Waals surface area (Å²) < 4.78 is 0. The lowest BCUT2D eigenvalue weighted by molar-refractivity contribution is 0.0690. The average Bonchev–Trinajstić information content (AvgIpc) is 2.75. The van der Waals surface area contributed by atoms with E-state index >= 15 is 0 Å². The van der Waals surface area contributed by atoms with Crippen molar-refractivity contribution in [3.05, 3.63) is 29.5 Å². The van der Waals surface area contributed by atoms with E-state index in [9.17, 15) is 15.0 Å². The Balaban J connectivity index is 2.53. The number of aromatic nitrogens is 2. The van der Waals surface area contributed by atoms with Gasteiger partial charge < -0.3 is 15.3 Å². The molecule has 0 aliphatic heterocycles. The lowest BCUT2D eigenvalue weighted by Crippen LogP contribution is -1.95. The lowest BCUT2D eigenvalue weighted by atomic mass is 10.1. The molecular formula is C11H10N2O4. The van der Waals surface area contributed by atoms with Crippen LogP contribution in [0, 0.1) is 6.92 Å². The number of aromatic amines is 1. The van der Waals surface area contributed by atoms with E-state index < -0.39 is 5.97 Å². The fraction of sp³-hybridized carbons (Fsp3) is 0.0909. The molecule has 1 aromatic heterocycles. The molecule has 4 N–H and O–H groups in total. The summed E-state index contributed by atoms with van der Waals surface area (Å²) in [6.45, 7) is 1.64. The van der Waals surface area contributed by atoms with Crippen LogP contribution in [0.1, 0.15) is 16.1 Å². The number of phenols is 2. The number of aromatic hydroxyl groups is 2. The van der Waals surface area contributed by atoms with Crippen LogP contribution in [0.15, 0.2) is 18.2 Å². The Bertz CT molecular complexity index is 589. The number of phenolic OH excluding ortho intramolecular Hbond substituents is 2. The van der Waals surface area contributed by atoms with Gasteiger partial charge in [-0.25, -0.2) is 4.79 Å². The van der Waals surface area contributed by atoms with Crippen molar-refractivity contribution in [2.75, 3.05) is 0 Å². The average molecular weight is 234 g/mol. The zero-order chi connectivity index (χ0) is 12.6. The zero-order valence-electron chi connectivity index (χ0n) is 8.93. The summed E-state index contributed by atoms with van der Waals surface area (Å²) in [5, 5.41) is 34.1. The van der Waals surface area contributed by atoms with E-state index in [-0.39, 0.29) is 28.5 Å². The van der Waals surface area contributed by atoms with Crippen LogP contribution in [0.3, 0.4) is 0 Å². The highest BCUT2D eigenvalue weighted by Crippen LogP contribution is 2.37. The number of hydrogen-bond donors (Lipinski definition) is 4. The highest BCUT2D eigenvalue weighted by molar-refractivity contribution is 5.87. The van der Waals surface area contributed by atoms with Crippen LogP contribution in [0.25, 0.3) is 11.3 Å². The van der Waals surface area contributed by atoms with Crippen molar-refractivity contribution in [3.8, 4) is 22.8 Å². The Morgan fingerprint density at radius 1 is 1.29 bits per heavy atom. The normalized spacial score (nSPS) is 10.4. The van der Waals surface area contributed by atoms with Gasteiger partial charge in [0, 0.05) is 5.56 Å². The topological polar surface area (TPSA) is 106 Å². The van der Waals surface area contributed by atoms with Crippen molar-refractivity contribution in [3.63, 3.8) is 0 Å². The fourth-order valence-corrected chi connectivity index (χ4v) is 1.46. The SMILES string of the molecule is Cc1ccc(-c2cc(C(=O)O)[nH]n2)c(O)c1O. The molecule has 0 saturated heterocycles. The lowest BCUT2D eigenvalue weighted by Gasteiger charge is -2.05. The van der Waals surface area contributed by atoms with Crippen LogP contribution in [0.5, 0.6) is 11.5 Å². The van der Waals surface area contributed by atoms with Crippen LogP contribution in [0.2, 0.25) is 0 Å². The van der Waals surface area contributed by atoms with Gasteiger partial charge in [0.1, 0.15) is 5.69 Å². The summed E-state index contributed by atoms with van der Waals surface area (Å²) in [4.78, 5) is 10.7. The second-order valence-electron chi connectivity index (χ2n) is 3.60. The fourth-order valence-electron chi connectivity index (χ4n) is 1.46. The number of nitrogens with one attached hydrogen (secondary N) is 1. The molecule has 0 spiro atoms. The van der Waals surface area contributed by atoms with Crippen molar-refractivity contribution >= 4 is 5.97 Å². The number of carbonyl (C=O) groups is 1. The molecular weight excluding hydrogens is 224 g/mol. The minimum atomic E-state index is -1.14. The third-order valence-corrected chi connectivity index (χ3v) is 2.44. The summed E-state index contributed by atoms with van der Waals surface area (Å²) in [6.07, 6.45) is 0. The highest BCUT2D eigenvalue weighted by atomic mass is 16.4. The van der Waals surface area contributed by atoms with Gasteiger partial charge in [-0.3, -0.25) is 5.10 Å². The molecule has 0 aliphatic carbocycles. The number of H-pyrrole nitrogens is 1. The number of hydrogen-bond acceptors (Lipinski definition) is 4. The second kappa shape index (κ2) is 3.82. The standard InChI is InChI=1S/C11H10N2O4/c1-5-2-3-6(10(15)9(5)14)7-4-8(11(16)17)13-12-7/h2-4,14-15H,1H3,(H,12,13)(H,16,17). The molecule has 0 unspecified atom stereocenters. The summed E-state index contributed by atoms with van der Waals surface area (Å²) in [5.74, 6) is -1.68. The molecule has 0 amide bonds. The van der Waals surface area contributed by atoms with Gasteiger partial charge >= 0.3 is 5.97 Å². The first kappa shape index (κ1) is 11.0. The Kier molecular flexibility index (Phi) is 2.47. The van der Waals surface area contributed by atoms with Gasteiger partial charge in [-0.1, -0.05) is 6.07 Å². The van der Waals surface area contributed by atoms with Crippen molar-refractivity contribution in [2.45, 2.75) is 6.92 Å². The molecule has 0 atom stereocenters. The molecule has 0 bridgehead atoms. The van der Waals surface area contributed by atoms with Crippen LogP contribution in [-0.4, -0.2) is 31.5 Å². The largest absolute Gasteiger partial charge is 0.504 e. The van der Waals surface area contributed by atoms with Crippen molar-refractivity contribution in [1.29, 1.82) is 0 Å². The van der Waals surface area contributed by atoms with E-state index in [1.165, 1.54) is 6.07 Å². The molecule has 88 valence electrons. The Morgan fingerprint density at radius 2 is 2.00 bits per heavy atom. The summed E-state index contributed by atoms with van der Waals surface area (Å²) in [7, 11) is 0. The monoisotopic (exact) mass is 234 g/mol. The minimum absolute atomic E-state index is 0.0838. The molecule has 0 saturated carbocycles. The maximum Gasteiger partial charge on any atom is 0.353 e. The van der Waals surface area contributed by atoms with Gasteiger partial charge in [0.25, 0.3) is 0 Å². The quantitative estimate of drug-likeness (QED) is 0.589. The first-order valence-electron chi connectivity index (χ1n) is 4.81. The van der Waals surface area contributed by atoms with E-state index in [4.69, 9.17) is 5.11 Å². The number of carboxylic acid groups (broad SMARTS) is 1. The number of benzene rings is 1. The molecule has 17 heavy (non-hydrogen) atoms. The summed E-state index contributed by atoms with van der Waals surface area (Å²) in [5.41, 5.74) is 0.978. The number of carboxylic acids is 1. The van der Waals surface area contributed by atoms with Gasteiger partial charge in [0.2, 0.25) is 0 Å². The molecule has 0 fully saturated rings. The molecule has 1 heterocycles. The second-order valence-corrected chi connectivity index (χ2v) is 3.60. The minimum Gasteiger partial charge on any atom is -0.504 e. The summed E-state index contributed by atoms with van der Waals surface area (Å²) in [6, 6.07) is 4.46. The highest BCUT2D eigenvalue weighted by Gasteiger charge is 2.15. The van der Waals surface area contributed by atoms with Crippen molar-refractivity contribution < 1.29 is 20.1 Å². The van der Waals surface area contributed by atoms with Gasteiger partial charge in [-0.2, -0.15) is 5.10 Å². The maximum absolute atomic E-state index is 10.7. The summed E-state index contributed by atoms with van der Waals surface area (Å²) >= 11 is 0. The first-order valence-corrected chi connectivity index (χ1v) is 4.81. The molecule has 2 rings (SSSR count). The van der Waals surface area contributed by atoms with Crippen LogP contribution in [0.4, 0.5) is 0 Å². The predicted molar refractivity (Wildman–Crippen MR) is 59.0 cm³/mol. The van der Waals surface area contributed by atoms with Crippen LogP contribution >= 0.6 is 0 Å². The predicted octanol–water partition coefficient (Wildman–Crippen LogP) is 1.49. The van der Waals surface area contributed by atoms with E-state index in [0.717, 1.165) is 0 Å². The molecule has 1 aromatic carbocycles. The number of aromatic carboxylic acids is 1. The third-order valence-electron chi connectivity index (χ3n) is 2.44. The molecule has 2 aromatic rings. The van der Waals surface area contributed by atoms with Crippen LogP contribution < -0.4 is 0 Å². The molecule has 0 radical (unpaired) electrons. The maximum atomic E-state index is 10.7. The first-order chi connectivity index (χ1) is 8.00. The van der Waals surface area contributed by atoms with Gasteiger partial charge in [-0.15, -0.1) is 0 Å². The van der Waals surface area contributed by atoms with Gasteiger partial charge in [0.15, 0.2) is 11.5 Å². The molecule has 6 heteroatoms. The number of aryl methyl sites for hydroxylation is 1. The van der Waals surface area contributed by atoms with Gasteiger partial charge in [0.05, 0.1) is 5.69 Å². The van der Waals surface area contributed by atoms with Crippen LogP contribution in [-0.2, 0) is 0 Å². The Hall–Kier alpha value is -2.50. The van der Waals surface area contributed by atoms with E-state index in [1.54, 1.807) is 19.1 Å². The molecule has 0 aliphatic rings. The Labute approximate surface area is 96.2 Å². The molecule has 6 nitrogen and oxygen atoms in total. The van der Waals surface area contributed by atoms with Crippen molar-refractivity contribution in [1.82, 2.24) is 10.2 Å². The zero-order valence-corrected chi connectivity index (χ0v) is 8.93.